The average molecular weight is 359 g/mol. The molecule has 1 fully saturated rings. The first-order valence-corrected chi connectivity index (χ1v) is 7.67. The summed E-state index contributed by atoms with van der Waals surface area (Å²) in [5.74, 6) is -0.0316. The lowest BCUT2D eigenvalue weighted by atomic mass is 10.2. The Kier molecular flexibility index (Phi) is 9.14. The predicted octanol–water partition coefficient (Wildman–Crippen LogP) is 1.37. The van der Waals surface area contributed by atoms with Crippen molar-refractivity contribution in [1.29, 1.82) is 0 Å². The normalized spacial score (nSPS) is 16.6. The van der Waals surface area contributed by atoms with E-state index in [0.717, 1.165) is 6.54 Å². The Hall–Kier alpha value is -1.83. The number of halogens is 1. The largest absolute Gasteiger partial charge is 0.482 e. The summed E-state index contributed by atoms with van der Waals surface area (Å²) in [6.45, 7) is 3.87. The maximum Gasteiger partial charge on any atom is 0.344 e. The summed E-state index contributed by atoms with van der Waals surface area (Å²) in [7, 11) is 0. The van der Waals surface area contributed by atoms with Crippen molar-refractivity contribution >= 4 is 30.0 Å². The van der Waals surface area contributed by atoms with E-state index in [2.05, 4.69) is 10.6 Å². The van der Waals surface area contributed by atoms with E-state index in [1.54, 1.807) is 31.2 Å². The zero-order valence-corrected chi connectivity index (χ0v) is 14.4. The second-order valence-corrected chi connectivity index (χ2v) is 5.10. The van der Waals surface area contributed by atoms with Crippen molar-refractivity contribution in [2.45, 2.75) is 19.4 Å². The van der Waals surface area contributed by atoms with E-state index >= 15 is 0 Å². The number of ether oxygens (including phenoxy) is 3. The molecular formula is C16H23ClN2O5. The Balaban J connectivity index is 0.00000288. The van der Waals surface area contributed by atoms with Gasteiger partial charge in [0.15, 0.2) is 6.61 Å². The minimum Gasteiger partial charge on any atom is -0.482 e. The second kappa shape index (κ2) is 10.9. The fourth-order valence-electron chi connectivity index (χ4n) is 2.20. The molecule has 0 radical (unpaired) electrons. The zero-order valence-electron chi connectivity index (χ0n) is 13.6. The Morgan fingerprint density at radius 3 is 2.96 bits per heavy atom. The highest BCUT2D eigenvalue weighted by Crippen LogP contribution is 2.17. The fraction of sp³-hybridized carbons (Fsp3) is 0.500. The van der Waals surface area contributed by atoms with E-state index in [1.807, 2.05) is 0 Å². The molecule has 1 atom stereocenters. The van der Waals surface area contributed by atoms with Gasteiger partial charge in [0.05, 0.1) is 19.8 Å². The molecule has 1 saturated heterocycles. The molecule has 134 valence electrons. The smallest absolute Gasteiger partial charge is 0.344 e. The van der Waals surface area contributed by atoms with Crippen LogP contribution in [0.15, 0.2) is 24.3 Å². The molecule has 1 aromatic rings. The summed E-state index contributed by atoms with van der Waals surface area (Å²) in [6.07, 6.45) is 0.341. The number of anilines is 1. The van der Waals surface area contributed by atoms with E-state index in [9.17, 15) is 9.59 Å². The van der Waals surface area contributed by atoms with Crippen LogP contribution in [0.5, 0.6) is 5.75 Å². The van der Waals surface area contributed by atoms with Gasteiger partial charge in [-0.1, -0.05) is 6.07 Å². The molecule has 0 aromatic heterocycles. The predicted molar refractivity (Wildman–Crippen MR) is 91.7 cm³/mol. The molecule has 0 spiro atoms. The van der Waals surface area contributed by atoms with Crippen molar-refractivity contribution in [1.82, 2.24) is 5.32 Å². The van der Waals surface area contributed by atoms with Crippen molar-refractivity contribution in [3.63, 3.8) is 0 Å². The third-order valence-corrected chi connectivity index (χ3v) is 3.21. The van der Waals surface area contributed by atoms with Gasteiger partial charge in [-0.15, -0.1) is 12.4 Å². The molecule has 1 aliphatic heterocycles. The summed E-state index contributed by atoms with van der Waals surface area (Å²) in [6, 6.07) is 6.93. The van der Waals surface area contributed by atoms with Gasteiger partial charge in [0.1, 0.15) is 5.75 Å². The van der Waals surface area contributed by atoms with E-state index in [1.165, 1.54) is 0 Å². The first kappa shape index (κ1) is 20.2. The van der Waals surface area contributed by atoms with Crippen LogP contribution in [-0.2, 0) is 19.1 Å². The molecule has 24 heavy (non-hydrogen) atoms. The molecule has 0 bridgehead atoms. The number of hydrogen-bond donors (Lipinski definition) is 2. The van der Waals surface area contributed by atoms with Crippen LogP contribution >= 0.6 is 12.4 Å². The van der Waals surface area contributed by atoms with Gasteiger partial charge in [-0.25, -0.2) is 4.79 Å². The number of amides is 1. The molecule has 2 rings (SSSR count). The second-order valence-electron chi connectivity index (χ2n) is 5.10. The van der Waals surface area contributed by atoms with Crippen LogP contribution in [0.4, 0.5) is 5.69 Å². The lowest BCUT2D eigenvalue weighted by Crippen LogP contribution is -2.43. The Bertz CT molecular complexity index is 535. The van der Waals surface area contributed by atoms with Gasteiger partial charge < -0.3 is 24.8 Å². The van der Waals surface area contributed by atoms with Gasteiger partial charge >= 0.3 is 5.97 Å². The van der Waals surface area contributed by atoms with Crippen molar-refractivity contribution in [3.05, 3.63) is 24.3 Å². The zero-order chi connectivity index (χ0) is 16.5. The molecule has 0 aliphatic carbocycles. The summed E-state index contributed by atoms with van der Waals surface area (Å²) >= 11 is 0. The van der Waals surface area contributed by atoms with E-state index < -0.39 is 5.97 Å². The van der Waals surface area contributed by atoms with Crippen LogP contribution in [0.1, 0.15) is 13.3 Å². The van der Waals surface area contributed by atoms with Gasteiger partial charge in [-0.3, -0.25) is 4.79 Å². The van der Waals surface area contributed by atoms with E-state index in [-0.39, 0.29) is 31.0 Å². The topological polar surface area (TPSA) is 85.9 Å². The third kappa shape index (κ3) is 7.16. The number of hydrogen-bond acceptors (Lipinski definition) is 6. The Morgan fingerprint density at radius 2 is 2.25 bits per heavy atom. The van der Waals surface area contributed by atoms with E-state index in [0.29, 0.717) is 37.7 Å². The molecule has 7 nitrogen and oxygen atoms in total. The van der Waals surface area contributed by atoms with Gasteiger partial charge in [0, 0.05) is 30.8 Å². The summed E-state index contributed by atoms with van der Waals surface area (Å²) in [5.41, 5.74) is 0.619. The number of nitrogens with one attached hydrogen (secondary N) is 2. The molecule has 0 saturated carbocycles. The Labute approximate surface area is 147 Å². The van der Waals surface area contributed by atoms with Crippen LogP contribution in [0.25, 0.3) is 0 Å². The molecule has 1 aliphatic rings. The monoisotopic (exact) mass is 358 g/mol. The number of esters is 1. The summed E-state index contributed by atoms with van der Waals surface area (Å²) in [5, 5.41) is 6.04. The average Bonchev–Trinajstić information content (AvgIpc) is 2.54. The maximum absolute atomic E-state index is 12.0. The first-order valence-electron chi connectivity index (χ1n) is 7.67. The molecule has 1 unspecified atom stereocenters. The molecule has 1 heterocycles. The quantitative estimate of drug-likeness (QED) is 0.716. The number of benzene rings is 1. The fourth-order valence-corrected chi connectivity index (χ4v) is 2.20. The molecule has 1 aromatic carbocycles. The molecule has 8 heteroatoms. The summed E-state index contributed by atoms with van der Waals surface area (Å²) in [4.78, 5) is 23.3. The Morgan fingerprint density at radius 1 is 1.42 bits per heavy atom. The minimum atomic E-state index is -0.426. The highest BCUT2D eigenvalue weighted by molar-refractivity contribution is 5.91. The van der Waals surface area contributed by atoms with Crippen molar-refractivity contribution in [2.75, 3.05) is 38.3 Å². The lowest BCUT2D eigenvalue weighted by molar-refractivity contribution is -0.145. The third-order valence-electron chi connectivity index (χ3n) is 3.21. The maximum atomic E-state index is 12.0. The van der Waals surface area contributed by atoms with Gasteiger partial charge in [-0.05, 0) is 19.1 Å². The standard InChI is InChI=1S/C16H22N2O5.ClH/c1-2-22-16(20)11-23-14-5-3-4-12(8-14)18-15(19)9-13-10-21-7-6-17-13;/h3-5,8,13,17H,2,6-7,9-11H2,1H3,(H,18,19);1H. The number of carbonyl (C=O) groups is 2. The van der Waals surface area contributed by atoms with E-state index in [4.69, 9.17) is 14.2 Å². The van der Waals surface area contributed by atoms with Gasteiger partial charge in [0.2, 0.25) is 5.91 Å². The van der Waals surface area contributed by atoms with Crippen molar-refractivity contribution in [3.8, 4) is 5.75 Å². The minimum absolute atomic E-state index is 0. The number of rotatable bonds is 7. The van der Waals surface area contributed by atoms with Crippen LogP contribution in [0.2, 0.25) is 0 Å². The van der Waals surface area contributed by atoms with Crippen LogP contribution in [0, 0.1) is 0 Å². The van der Waals surface area contributed by atoms with Gasteiger partial charge in [0.25, 0.3) is 0 Å². The highest BCUT2D eigenvalue weighted by atomic mass is 35.5. The van der Waals surface area contributed by atoms with Crippen LogP contribution in [0.3, 0.4) is 0 Å². The molecular weight excluding hydrogens is 336 g/mol. The van der Waals surface area contributed by atoms with Crippen LogP contribution in [-0.4, -0.2) is 50.9 Å². The lowest BCUT2D eigenvalue weighted by Gasteiger charge is -2.23. The van der Waals surface area contributed by atoms with Crippen LogP contribution < -0.4 is 15.4 Å². The number of carbonyl (C=O) groups excluding carboxylic acids is 2. The van der Waals surface area contributed by atoms with Crippen molar-refractivity contribution < 1.29 is 23.8 Å². The van der Waals surface area contributed by atoms with Crippen molar-refractivity contribution in [2.24, 2.45) is 0 Å². The van der Waals surface area contributed by atoms with Gasteiger partial charge in [-0.2, -0.15) is 0 Å². The molecule has 2 N–H and O–H groups in total. The highest BCUT2D eigenvalue weighted by Gasteiger charge is 2.17. The number of morpholine rings is 1. The summed E-state index contributed by atoms with van der Waals surface area (Å²) < 4.78 is 15.4. The SMILES string of the molecule is CCOC(=O)COc1cccc(NC(=O)CC2COCCN2)c1.Cl. The first-order chi connectivity index (χ1) is 11.2. The molecule has 1 amide bonds.